The molecular formula is C40H40O17. The quantitative estimate of drug-likeness (QED) is 0.169. The third-order valence-corrected chi connectivity index (χ3v) is 8.37. The molecule has 0 spiro atoms. The number of ether oxygens (including phenoxy) is 10. The van der Waals surface area contributed by atoms with Gasteiger partial charge in [0.25, 0.3) is 0 Å². The molecule has 0 amide bonds. The van der Waals surface area contributed by atoms with Gasteiger partial charge in [0.15, 0.2) is 30.7 Å². The SMILES string of the molecule is CC(=O)O[C@H]1O[C@@H](CO[C@H]2O[C@@H](COC(=O)c3ccccc3)[C@@H](OC(=O)c3ccccc3)[C@H]2OC(=O)c2ccccc2)[C@H](OC(C)=O)[C@@H](OC(C)=O)[C@H]1OC(C)=O. The zero-order valence-corrected chi connectivity index (χ0v) is 31.2. The largest absolute Gasteiger partial charge is 0.459 e. The molecule has 17 nitrogen and oxygen atoms in total. The van der Waals surface area contributed by atoms with Crippen molar-refractivity contribution in [3.8, 4) is 0 Å². The van der Waals surface area contributed by atoms with Crippen LogP contribution >= 0.6 is 0 Å². The van der Waals surface area contributed by atoms with Crippen LogP contribution in [0.2, 0.25) is 0 Å². The van der Waals surface area contributed by atoms with Crippen molar-refractivity contribution >= 4 is 41.8 Å². The van der Waals surface area contributed by atoms with Crippen LogP contribution < -0.4 is 0 Å². The lowest BCUT2D eigenvalue weighted by Gasteiger charge is -2.43. The van der Waals surface area contributed by atoms with E-state index in [-0.39, 0.29) is 16.7 Å². The average molecular weight is 793 g/mol. The summed E-state index contributed by atoms with van der Waals surface area (Å²) < 4.78 is 57.1. The summed E-state index contributed by atoms with van der Waals surface area (Å²) in [5.74, 6) is -5.90. The fourth-order valence-electron chi connectivity index (χ4n) is 6.01. The lowest BCUT2D eigenvalue weighted by molar-refractivity contribution is -0.307. The Kier molecular flexibility index (Phi) is 14.4. The van der Waals surface area contributed by atoms with E-state index >= 15 is 0 Å². The maximum atomic E-state index is 13.5. The fourth-order valence-corrected chi connectivity index (χ4v) is 6.01. The highest BCUT2D eigenvalue weighted by Crippen LogP contribution is 2.33. The molecule has 2 aliphatic rings. The van der Waals surface area contributed by atoms with Crippen LogP contribution in [0.25, 0.3) is 0 Å². The van der Waals surface area contributed by atoms with Gasteiger partial charge in [-0.3, -0.25) is 19.2 Å². The van der Waals surface area contributed by atoms with Gasteiger partial charge in [-0.25, -0.2) is 14.4 Å². The molecule has 0 saturated carbocycles. The molecule has 17 heteroatoms. The minimum atomic E-state index is -1.70. The van der Waals surface area contributed by atoms with E-state index in [9.17, 15) is 33.6 Å². The van der Waals surface area contributed by atoms with Gasteiger partial charge in [0.1, 0.15) is 18.8 Å². The molecule has 0 unspecified atom stereocenters. The Morgan fingerprint density at radius 3 is 1.28 bits per heavy atom. The van der Waals surface area contributed by atoms with Crippen molar-refractivity contribution in [3.63, 3.8) is 0 Å². The Hall–Kier alpha value is -6.17. The molecule has 57 heavy (non-hydrogen) atoms. The van der Waals surface area contributed by atoms with E-state index in [2.05, 4.69) is 0 Å². The Bertz CT molecular complexity index is 1890. The van der Waals surface area contributed by atoms with E-state index in [1.807, 2.05) is 0 Å². The third kappa shape index (κ3) is 11.4. The van der Waals surface area contributed by atoms with Gasteiger partial charge in [-0.05, 0) is 36.4 Å². The van der Waals surface area contributed by atoms with E-state index in [0.717, 1.165) is 27.7 Å². The van der Waals surface area contributed by atoms with Crippen LogP contribution in [-0.2, 0) is 66.5 Å². The van der Waals surface area contributed by atoms with Gasteiger partial charge in [-0.15, -0.1) is 0 Å². The minimum absolute atomic E-state index is 0.124. The zero-order valence-electron chi connectivity index (χ0n) is 31.2. The van der Waals surface area contributed by atoms with Crippen molar-refractivity contribution < 1.29 is 80.9 Å². The van der Waals surface area contributed by atoms with Crippen molar-refractivity contribution in [2.75, 3.05) is 13.2 Å². The van der Waals surface area contributed by atoms with Gasteiger partial charge in [0, 0.05) is 27.7 Å². The molecule has 0 aliphatic carbocycles. The zero-order chi connectivity index (χ0) is 41.1. The Labute approximate surface area is 326 Å². The van der Waals surface area contributed by atoms with Gasteiger partial charge in [-0.1, -0.05) is 54.6 Å². The van der Waals surface area contributed by atoms with E-state index in [4.69, 9.17) is 47.4 Å². The van der Waals surface area contributed by atoms with Crippen LogP contribution in [-0.4, -0.2) is 110 Å². The molecule has 2 heterocycles. The van der Waals surface area contributed by atoms with Crippen LogP contribution in [0.3, 0.4) is 0 Å². The summed E-state index contributed by atoms with van der Waals surface area (Å²) in [7, 11) is 0. The maximum Gasteiger partial charge on any atom is 0.338 e. The number of carbonyl (C=O) groups is 7. The number of hydrogen-bond donors (Lipinski definition) is 0. The average Bonchev–Trinajstić information content (AvgIpc) is 3.50. The predicted molar refractivity (Wildman–Crippen MR) is 190 cm³/mol. The van der Waals surface area contributed by atoms with Crippen LogP contribution in [0.15, 0.2) is 91.0 Å². The molecule has 0 aromatic heterocycles. The highest BCUT2D eigenvalue weighted by atomic mass is 16.8. The molecule has 0 radical (unpaired) electrons. The van der Waals surface area contributed by atoms with Gasteiger partial charge >= 0.3 is 41.8 Å². The van der Waals surface area contributed by atoms with E-state index in [0.29, 0.717) is 0 Å². The van der Waals surface area contributed by atoms with Crippen LogP contribution in [0.4, 0.5) is 0 Å². The van der Waals surface area contributed by atoms with E-state index < -0.39 is 110 Å². The Morgan fingerprint density at radius 2 is 0.789 bits per heavy atom. The first-order chi connectivity index (χ1) is 27.3. The summed E-state index contributed by atoms with van der Waals surface area (Å²) in [6, 6.07) is 23.8. The predicted octanol–water partition coefficient (Wildman–Crippen LogP) is 3.12. The standard InChI is InChI=1S/C40H40O17/c1-22(41)50-31-30(55-40(53-25(4)44)35(52-24(3)43)33(31)51-23(2)42)21-49-39-34(57-38(47)28-18-12-7-13-19-28)32(56-37(46)27-16-10-6-11-17-27)29(54-39)20-48-36(45)26-14-8-5-9-15-26/h5-19,29-35,39-40H,20-21H2,1-4H3/t29-,30-,31-,32+,33+,34+,35+,39-,40-/m0/s1. The number of carbonyl (C=O) groups excluding carboxylic acids is 7. The van der Waals surface area contributed by atoms with Crippen molar-refractivity contribution in [2.45, 2.75) is 83.0 Å². The first-order valence-corrected chi connectivity index (χ1v) is 17.7. The fraction of sp³-hybridized carbons (Fsp3) is 0.375. The molecule has 2 fully saturated rings. The van der Waals surface area contributed by atoms with Crippen LogP contribution in [0.1, 0.15) is 58.8 Å². The highest BCUT2D eigenvalue weighted by molar-refractivity contribution is 5.91. The Morgan fingerprint density at radius 1 is 0.421 bits per heavy atom. The van der Waals surface area contributed by atoms with E-state index in [1.54, 1.807) is 54.6 Å². The normalized spacial score (nSPS) is 25.2. The van der Waals surface area contributed by atoms with Gasteiger partial charge in [0.05, 0.1) is 23.3 Å². The second-order valence-corrected chi connectivity index (χ2v) is 12.7. The summed E-state index contributed by atoms with van der Waals surface area (Å²) in [5.41, 5.74) is 0.486. The highest BCUT2D eigenvalue weighted by Gasteiger charge is 2.55. The molecule has 5 rings (SSSR count). The summed E-state index contributed by atoms with van der Waals surface area (Å²) in [6.45, 7) is 3.08. The summed E-state index contributed by atoms with van der Waals surface area (Å²) in [5, 5.41) is 0. The van der Waals surface area contributed by atoms with Gasteiger partial charge in [0.2, 0.25) is 12.4 Å². The number of rotatable bonds is 14. The molecule has 3 aromatic carbocycles. The first kappa shape index (κ1) is 42.0. The molecule has 302 valence electrons. The lowest BCUT2D eigenvalue weighted by atomic mass is 9.98. The van der Waals surface area contributed by atoms with Gasteiger partial charge < -0.3 is 47.4 Å². The molecule has 2 aliphatic heterocycles. The Balaban J connectivity index is 1.48. The van der Waals surface area contributed by atoms with Crippen molar-refractivity contribution in [3.05, 3.63) is 108 Å². The molecule has 0 bridgehead atoms. The van der Waals surface area contributed by atoms with Crippen LogP contribution in [0.5, 0.6) is 0 Å². The second kappa shape index (κ2) is 19.6. The second-order valence-electron chi connectivity index (χ2n) is 12.7. The summed E-state index contributed by atoms with van der Waals surface area (Å²) >= 11 is 0. The smallest absolute Gasteiger partial charge is 0.338 e. The summed E-state index contributed by atoms with van der Waals surface area (Å²) in [4.78, 5) is 88.8. The number of benzene rings is 3. The number of esters is 7. The van der Waals surface area contributed by atoms with Crippen molar-refractivity contribution in [1.82, 2.24) is 0 Å². The molecule has 2 saturated heterocycles. The topological polar surface area (TPSA) is 212 Å². The van der Waals surface area contributed by atoms with Crippen LogP contribution in [0, 0.1) is 0 Å². The monoisotopic (exact) mass is 792 g/mol. The van der Waals surface area contributed by atoms with Crippen molar-refractivity contribution in [2.24, 2.45) is 0 Å². The summed E-state index contributed by atoms with van der Waals surface area (Å²) in [6.07, 6.45) is -13.7. The minimum Gasteiger partial charge on any atom is -0.459 e. The van der Waals surface area contributed by atoms with Crippen molar-refractivity contribution in [1.29, 1.82) is 0 Å². The van der Waals surface area contributed by atoms with Gasteiger partial charge in [-0.2, -0.15) is 0 Å². The lowest BCUT2D eigenvalue weighted by Crippen LogP contribution is -2.63. The number of hydrogen-bond acceptors (Lipinski definition) is 17. The molecular weight excluding hydrogens is 752 g/mol. The molecule has 3 aromatic rings. The molecule has 0 N–H and O–H groups in total. The third-order valence-electron chi connectivity index (χ3n) is 8.37. The maximum absolute atomic E-state index is 13.5. The first-order valence-electron chi connectivity index (χ1n) is 17.7. The van der Waals surface area contributed by atoms with E-state index in [1.165, 1.54) is 36.4 Å². The molecule has 9 atom stereocenters.